The molecule has 0 heterocycles. The Hall–Kier alpha value is 2.19. The number of aliphatic hydroxyl groups excluding tert-OH is 1. The van der Waals surface area contributed by atoms with Crippen molar-refractivity contribution in [2.75, 3.05) is 13.2 Å². The van der Waals surface area contributed by atoms with Crippen molar-refractivity contribution in [2.24, 2.45) is 0 Å². The van der Waals surface area contributed by atoms with E-state index in [1.165, 1.54) is 0 Å². The summed E-state index contributed by atoms with van der Waals surface area (Å²) in [5.41, 5.74) is 0. The van der Waals surface area contributed by atoms with E-state index < -0.39 is 8.42 Å². The van der Waals surface area contributed by atoms with Gasteiger partial charge in [0.25, 0.3) is 0 Å². The Labute approximate surface area is 110 Å². The number of hydrogen-bond donors (Lipinski definition) is 1. The van der Waals surface area contributed by atoms with Crippen LogP contribution < -0.4 is 51.4 Å². The Morgan fingerprint density at radius 3 is 2.50 bits per heavy atom. The van der Waals surface area contributed by atoms with Crippen molar-refractivity contribution in [3.63, 3.8) is 0 Å². The van der Waals surface area contributed by atoms with Crippen LogP contribution in [0.5, 0.6) is 0 Å². The Bertz CT molecular complexity index is 156. The second kappa shape index (κ2) is 7.82. The first-order valence-corrected chi connectivity index (χ1v) is 5.70. The van der Waals surface area contributed by atoms with Gasteiger partial charge in [0, 0.05) is 0 Å². The topological polar surface area (TPSA) is 69.6 Å². The number of aliphatic hydroxyl groups is 1. The molecule has 0 bridgehead atoms. The summed E-state index contributed by atoms with van der Waals surface area (Å²) < 4.78 is 24.5. The normalized spacial score (nSPS) is 15.4. The third-order valence-corrected chi connectivity index (χ3v) is 1.59. The van der Waals surface area contributed by atoms with Gasteiger partial charge in [-0.2, -0.15) is 0 Å². The van der Waals surface area contributed by atoms with Gasteiger partial charge in [0.2, 0.25) is 0 Å². The fourth-order valence-corrected chi connectivity index (χ4v) is 0.976. The summed E-state index contributed by atoms with van der Waals surface area (Å²) in [4.78, 5) is 0. The van der Waals surface area contributed by atoms with Crippen LogP contribution in [0.4, 0.5) is 0 Å². The standard InChI is InChI=1S/C3H8O4SSe.K/c4-2-1-3-7-8(5,6)9;/h4H,1-3H2,(H,5,6,9);/q;+1/p-1. The molecule has 0 rings (SSSR count). The number of hydrogen-bond acceptors (Lipinski definition) is 4. The molecule has 0 saturated heterocycles. The molecule has 10 heavy (non-hydrogen) atoms. The first-order chi connectivity index (χ1) is 4.06. The van der Waals surface area contributed by atoms with E-state index in [0.29, 0.717) is 6.42 Å². The molecule has 0 aliphatic rings. The predicted octanol–water partition coefficient (Wildman–Crippen LogP) is -4.20. The SMILES string of the molecule is O=S([O-])(=[Se])OCCCO.[K+]. The van der Waals surface area contributed by atoms with Crippen molar-refractivity contribution in [2.45, 2.75) is 6.42 Å². The summed E-state index contributed by atoms with van der Waals surface area (Å²) in [7, 11) is -3.43. The molecule has 0 saturated carbocycles. The maximum Gasteiger partial charge on any atom is 1.00 e. The van der Waals surface area contributed by atoms with Gasteiger partial charge >= 0.3 is 112 Å². The van der Waals surface area contributed by atoms with Crippen molar-refractivity contribution >= 4 is 22.8 Å². The third-order valence-electron chi connectivity index (χ3n) is 0.530. The third kappa shape index (κ3) is 12.8. The zero-order chi connectivity index (χ0) is 7.33. The fraction of sp³-hybridized carbons (Fsp3) is 1.00. The molecular formula is C3H7KO4SSe. The predicted molar refractivity (Wildman–Crippen MR) is 32.3 cm³/mol. The van der Waals surface area contributed by atoms with Gasteiger partial charge in [-0.05, 0) is 0 Å². The van der Waals surface area contributed by atoms with E-state index >= 15 is 0 Å². The molecule has 1 atom stereocenters. The molecule has 0 aliphatic heterocycles. The van der Waals surface area contributed by atoms with Gasteiger partial charge in [0.1, 0.15) is 0 Å². The maximum absolute atomic E-state index is 10.1. The van der Waals surface area contributed by atoms with Crippen LogP contribution >= 0.6 is 0 Å². The average molecular weight is 257 g/mol. The second-order valence-electron chi connectivity index (χ2n) is 1.31. The van der Waals surface area contributed by atoms with Crippen molar-refractivity contribution in [1.29, 1.82) is 0 Å². The van der Waals surface area contributed by atoms with Crippen LogP contribution in [0.3, 0.4) is 0 Å². The Balaban J connectivity index is 0. The maximum atomic E-state index is 10.1. The summed E-state index contributed by atoms with van der Waals surface area (Å²) in [6.07, 6.45) is 0.334. The zero-order valence-electron chi connectivity index (χ0n) is 5.61. The Morgan fingerprint density at radius 2 is 2.20 bits per heavy atom. The molecular weight excluding hydrogens is 250 g/mol. The van der Waals surface area contributed by atoms with Gasteiger partial charge in [0.05, 0.1) is 0 Å². The van der Waals surface area contributed by atoms with E-state index in [9.17, 15) is 8.76 Å². The zero-order valence-corrected chi connectivity index (χ0v) is 11.3. The van der Waals surface area contributed by atoms with E-state index in [4.69, 9.17) is 5.11 Å². The molecule has 1 N–H and O–H groups in total. The number of rotatable bonds is 4. The second-order valence-corrected chi connectivity index (χ2v) is 4.93. The minimum Gasteiger partial charge on any atom is 1.00 e. The van der Waals surface area contributed by atoms with Gasteiger partial charge in [-0.1, -0.05) is 0 Å². The van der Waals surface area contributed by atoms with E-state index in [1.54, 1.807) is 0 Å². The quantitative estimate of drug-likeness (QED) is 0.409. The molecule has 0 amide bonds. The van der Waals surface area contributed by atoms with Crippen LogP contribution in [0.15, 0.2) is 0 Å². The van der Waals surface area contributed by atoms with Gasteiger partial charge in [-0.3, -0.25) is 0 Å². The van der Waals surface area contributed by atoms with Crippen LogP contribution in [-0.2, 0) is 12.6 Å². The molecule has 0 radical (unpaired) electrons. The van der Waals surface area contributed by atoms with E-state index in [-0.39, 0.29) is 64.6 Å². The van der Waals surface area contributed by atoms with Crippen molar-refractivity contribution in [3.05, 3.63) is 0 Å². The molecule has 7 heteroatoms. The van der Waals surface area contributed by atoms with Gasteiger partial charge < -0.3 is 0 Å². The van der Waals surface area contributed by atoms with Crippen LogP contribution in [0.25, 0.3) is 0 Å². The summed E-state index contributed by atoms with van der Waals surface area (Å²) in [5, 5.41) is 8.18. The molecule has 0 spiro atoms. The van der Waals surface area contributed by atoms with Crippen LogP contribution in [0, 0.1) is 0 Å². The smallest absolute Gasteiger partial charge is 1.00 e. The largest absolute Gasteiger partial charge is 1.00 e. The molecule has 0 fully saturated rings. The van der Waals surface area contributed by atoms with Crippen LogP contribution in [0.1, 0.15) is 6.42 Å². The van der Waals surface area contributed by atoms with Crippen LogP contribution in [-0.4, -0.2) is 41.5 Å². The van der Waals surface area contributed by atoms with Crippen molar-refractivity contribution in [3.8, 4) is 0 Å². The Kier molecular flexibility index (Phi) is 11.5. The fourth-order valence-electron chi connectivity index (χ4n) is 0.226. The molecule has 4 nitrogen and oxygen atoms in total. The minimum atomic E-state index is -3.43. The van der Waals surface area contributed by atoms with E-state index in [2.05, 4.69) is 4.18 Å². The summed E-state index contributed by atoms with van der Waals surface area (Å²) in [5.74, 6) is 0. The molecule has 0 aliphatic carbocycles. The first kappa shape index (κ1) is 14.7. The van der Waals surface area contributed by atoms with Gasteiger partial charge in [0.15, 0.2) is 0 Å². The van der Waals surface area contributed by atoms with Gasteiger partial charge in [-0.15, -0.1) is 0 Å². The summed E-state index contributed by atoms with van der Waals surface area (Å²) in [6.45, 7) is -0.0264. The average Bonchev–Trinajstić information content (AvgIpc) is 1.63. The van der Waals surface area contributed by atoms with Crippen molar-refractivity contribution < 1.29 is 69.4 Å². The molecule has 1 unspecified atom stereocenters. The molecule has 56 valence electrons. The van der Waals surface area contributed by atoms with Crippen LogP contribution in [0.2, 0.25) is 0 Å². The Morgan fingerprint density at radius 1 is 1.70 bits per heavy atom. The molecule has 0 aromatic carbocycles. The van der Waals surface area contributed by atoms with Crippen molar-refractivity contribution in [1.82, 2.24) is 0 Å². The monoisotopic (exact) mass is 258 g/mol. The first-order valence-electron chi connectivity index (χ1n) is 2.27. The minimum absolute atomic E-state index is 0. The van der Waals surface area contributed by atoms with E-state index in [0.717, 1.165) is 0 Å². The summed E-state index contributed by atoms with van der Waals surface area (Å²) >= 11 is 1.84. The molecule has 0 aromatic heterocycles. The molecule has 0 aromatic rings. The summed E-state index contributed by atoms with van der Waals surface area (Å²) in [6, 6.07) is 0. The van der Waals surface area contributed by atoms with E-state index in [1.807, 2.05) is 14.4 Å². The van der Waals surface area contributed by atoms with Gasteiger partial charge in [-0.25, -0.2) is 0 Å².